The number of nitro groups is 1. The van der Waals surface area contributed by atoms with Crippen molar-refractivity contribution in [3.05, 3.63) is 52.6 Å². The van der Waals surface area contributed by atoms with Gasteiger partial charge < -0.3 is 19.5 Å². The van der Waals surface area contributed by atoms with Gasteiger partial charge in [-0.2, -0.15) is 0 Å². The zero-order valence-electron chi connectivity index (χ0n) is 18.8. The highest BCUT2D eigenvalue weighted by Crippen LogP contribution is 2.33. The van der Waals surface area contributed by atoms with Gasteiger partial charge in [-0.25, -0.2) is 17.9 Å². The SMILES string of the molecule is CC(C)Oc1ccc(S(=O)(=O)NC2CCN(c3ccc([N+](=O)[O-])c(OCC(=O)O)c3)CC2)cc1. The Kier molecular flexibility index (Phi) is 7.94. The standard InChI is InChI=1S/C22H27N3O8S/c1-15(2)33-18-4-6-19(7-5-18)34(30,31)23-16-9-11-24(12-10-16)17-3-8-20(25(28)29)21(13-17)32-14-22(26)27/h3-8,13,15-16,23H,9-12,14H2,1-2H3,(H,26,27). The van der Waals surface area contributed by atoms with Crippen LogP contribution < -0.4 is 19.1 Å². The van der Waals surface area contributed by atoms with Crippen molar-refractivity contribution in [1.82, 2.24) is 4.72 Å². The number of sulfonamides is 1. The van der Waals surface area contributed by atoms with Crippen molar-refractivity contribution in [2.24, 2.45) is 0 Å². The molecular formula is C22H27N3O8S. The van der Waals surface area contributed by atoms with Gasteiger partial charge in [0, 0.05) is 37.0 Å². The topological polar surface area (TPSA) is 148 Å². The van der Waals surface area contributed by atoms with E-state index in [0.717, 1.165) is 0 Å². The molecule has 0 unspecified atom stereocenters. The van der Waals surface area contributed by atoms with Crippen LogP contribution in [-0.2, 0) is 14.8 Å². The minimum absolute atomic E-state index is 0.0127. The Morgan fingerprint density at radius 3 is 2.41 bits per heavy atom. The number of benzene rings is 2. The predicted molar refractivity (Wildman–Crippen MR) is 124 cm³/mol. The fourth-order valence-electron chi connectivity index (χ4n) is 3.62. The van der Waals surface area contributed by atoms with E-state index in [-0.39, 0.29) is 28.5 Å². The van der Waals surface area contributed by atoms with Crippen molar-refractivity contribution in [3.63, 3.8) is 0 Å². The van der Waals surface area contributed by atoms with E-state index in [1.807, 2.05) is 18.7 Å². The van der Waals surface area contributed by atoms with Crippen molar-refractivity contribution < 1.29 is 32.7 Å². The van der Waals surface area contributed by atoms with Crippen molar-refractivity contribution >= 4 is 27.4 Å². The minimum Gasteiger partial charge on any atom is -0.491 e. The van der Waals surface area contributed by atoms with Gasteiger partial charge in [0.2, 0.25) is 10.0 Å². The van der Waals surface area contributed by atoms with Gasteiger partial charge in [-0.1, -0.05) is 0 Å². The summed E-state index contributed by atoms with van der Waals surface area (Å²) in [5.41, 5.74) is 0.311. The van der Waals surface area contributed by atoms with Gasteiger partial charge in [0.05, 0.1) is 15.9 Å². The lowest BCUT2D eigenvalue weighted by atomic mass is 10.1. The monoisotopic (exact) mass is 493 g/mol. The second-order valence-electron chi connectivity index (χ2n) is 8.11. The number of nitrogens with one attached hydrogen (secondary N) is 1. The summed E-state index contributed by atoms with van der Waals surface area (Å²) in [6.07, 6.45) is 1.04. The molecule has 11 nitrogen and oxygen atoms in total. The summed E-state index contributed by atoms with van der Waals surface area (Å²) in [6.45, 7) is 4.09. The summed E-state index contributed by atoms with van der Waals surface area (Å²) >= 11 is 0. The van der Waals surface area contributed by atoms with E-state index in [1.165, 1.54) is 24.3 Å². The highest BCUT2D eigenvalue weighted by atomic mass is 32.2. The third kappa shape index (κ3) is 6.58. The molecule has 2 aromatic carbocycles. The van der Waals surface area contributed by atoms with E-state index < -0.39 is 27.5 Å². The molecule has 0 amide bonds. The zero-order valence-corrected chi connectivity index (χ0v) is 19.7. The maximum absolute atomic E-state index is 12.8. The van der Waals surface area contributed by atoms with E-state index in [0.29, 0.717) is 37.4 Å². The van der Waals surface area contributed by atoms with Crippen molar-refractivity contribution in [1.29, 1.82) is 0 Å². The fourth-order valence-corrected chi connectivity index (χ4v) is 4.92. The Morgan fingerprint density at radius 2 is 1.85 bits per heavy atom. The number of piperidine rings is 1. The molecule has 0 atom stereocenters. The molecule has 2 aromatic rings. The maximum Gasteiger partial charge on any atom is 0.341 e. The van der Waals surface area contributed by atoms with Gasteiger partial charge in [-0.3, -0.25) is 10.1 Å². The van der Waals surface area contributed by atoms with Crippen LogP contribution in [0.5, 0.6) is 11.5 Å². The van der Waals surface area contributed by atoms with Gasteiger partial charge in [0.1, 0.15) is 5.75 Å². The van der Waals surface area contributed by atoms with Crippen LogP contribution in [0, 0.1) is 10.1 Å². The van der Waals surface area contributed by atoms with Crippen LogP contribution in [0.3, 0.4) is 0 Å². The lowest BCUT2D eigenvalue weighted by molar-refractivity contribution is -0.385. The van der Waals surface area contributed by atoms with Gasteiger partial charge in [-0.15, -0.1) is 0 Å². The highest BCUT2D eigenvalue weighted by Gasteiger charge is 2.26. The van der Waals surface area contributed by atoms with Crippen LogP contribution in [-0.4, -0.2) is 56.3 Å². The Balaban J connectivity index is 1.63. The molecule has 0 radical (unpaired) electrons. The van der Waals surface area contributed by atoms with Crippen LogP contribution >= 0.6 is 0 Å². The average Bonchev–Trinajstić information content (AvgIpc) is 2.77. The van der Waals surface area contributed by atoms with Gasteiger partial charge in [-0.05, 0) is 57.0 Å². The molecule has 34 heavy (non-hydrogen) atoms. The summed E-state index contributed by atoms with van der Waals surface area (Å²) < 4.78 is 38.9. The van der Waals surface area contributed by atoms with Crippen molar-refractivity contribution in [3.8, 4) is 11.5 Å². The largest absolute Gasteiger partial charge is 0.491 e. The summed E-state index contributed by atoms with van der Waals surface area (Å²) in [6, 6.07) is 10.3. The second kappa shape index (κ2) is 10.7. The van der Waals surface area contributed by atoms with Crippen LogP contribution in [0.4, 0.5) is 11.4 Å². The first-order chi connectivity index (χ1) is 16.0. The van der Waals surface area contributed by atoms with Crippen LogP contribution in [0.1, 0.15) is 26.7 Å². The number of carbonyl (C=O) groups is 1. The molecule has 1 aliphatic rings. The smallest absolute Gasteiger partial charge is 0.341 e. The second-order valence-corrected chi connectivity index (χ2v) is 9.83. The molecule has 1 fully saturated rings. The normalized spacial score (nSPS) is 14.7. The molecular weight excluding hydrogens is 466 g/mol. The first-order valence-electron chi connectivity index (χ1n) is 10.7. The van der Waals surface area contributed by atoms with E-state index >= 15 is 0 Å². The lowest BCUT2D eigenvalue weighted by Gasteiger charge is -2.34. The number of hydrogen-bond donors (Lipinski definition) is 2. The lowest BCUT2D eigenvalue weighted by Crippen LogP contribution is -2.44. The first-order valence-corrected chi connectivity index (χ1v) is 12.2. The van der Waals surface area contributed by atoms with Crippen LogP contribution in [0.2, 0.25) is 0 Å². The number of aliphatic carboxylic acids is 1. The van der Waals surface area contributed by atoms with Crippen LogP contribution in [0.25, 0.3) is 0 Å². The maximum atomic E-state index is 12.8. The number of carboxylic acid groups (broad SMARTS) is 1. The average molecular weight is 494 g/mol. The molecule has 1 heterocycles. The molecule has 1 saturated heterocycles. The third-order valence-electron chi connectivity index (χ3n) is 5.18. The molecule has 0 bridgehead atoms. The van der Waals surface area contributed by atoms with E-state index in [4.69, 9.17) is 14.6 Å². The first kappa shape index (κ1) is 25.2. The van der Waals surface area contributed by atoms with E-state index in [9.17, 15) is 23.3 Å². The fraction of sp³-hybridized carbons (Fsp3) is 0.409. The summed E-state index contributed by atoms with van der Waals surface area (Å²) in [5, 5.41) is 20.0. The Hall–Kier alpha value is -3.38. The third-order valence-corrected chi connectivity index (χ3v) is 6.72. The van der Waals surface area contributed by atoms with E-state index in [1.54, 1.807) is 18.2 Å². The number of nitro benzene ring substituents is 1. The molecule has 2 N–H and O–H groups in total. The molecule has 184 valence electrons. The summed E-state index contributed by atoms with van der Waals surface area (Å²) in [5.74, 6) is -0.774. The highest BCUT2D eigenvalue weighted by molar-refractivity contribution is 7.89. The minimum atomic E-state index is -3.70. The van der Waals surface area contributed by atoms with Gasteiger partial charge in [0.25, 0.3) is 0 Å². The Morgan fingerprint density at radius 1 is 1.21 bits per heavy atom. The van der Waals surface area contributed by atoms with E-state index in [2.05, 4.69) is 4.72 Å². The number of hydrogen-bond acceptors (Lipinski definition) is 8. The quantitative estimate of drug-likeness (QED) is 0.376. The zero-order chi connectivity index (χ0) is 24.9. The molecule has 3 rings (SSSR count). The van der Waals surface area contributed by atoms with Crippen molar-refractivity contribution in [2.75, 3.05) is 24.6 Å². The number of rotatable bonds is 10. The van der Waals surface area contributed by atoms with Crippen molar-refractivity contribution in [2.45, 2.75) is 43.7 Å². The molecule has 0 spiro atoms. The molecule has 0 saturated carbocycles. The Labute approximate surface area is 197 Å². The Bertz CT molecular complexity index is 1130. The molecule has 0 aromatic heterocycles. The number of ether oxygens (including phenoxy) is 2. The van der Waals surface area contributed by atoms with Gasteiger partial charge in [0.15, 0.2) is 12.4 Å². The molecule has 1 aliphatic heterocycles. The number of anilines is 1. The number of nitrogens with zero attached hydrogens (tertiary/aromatic N) is 2. The number of carboxylic acids is 1. The van der Waals surface area contributed by atoms with Crippen LogP contribution in [0.15, 0.2) is 47.4 Å². The predicted octanol–water partition coefficient (Wildman–Crippen LogP) is 2.79. The molecule has 12 heteroatoms. The summed E-state index contributed by atoms with van der Waals surface area (Å²) in [4.78, 5) is 23.5. The van der Waals surface area contributed by atoms with Gasteiger partial charge >= 0.3 is 11.7 Å². The summed E-state index contributed by atoms with van der Waals surface area (Å²) in [7, 11) is -3.70. The molecule has 0 aliphatic carbocycles.